The lowest BCUT2D eigenvalue weighted by atomic mass is 10.1. The lowest BCUT2D eigenvalue weighted by Crippen LogP contribution is -2.40. The third-order valence-corrected chi connectivity index (χ3v) is 4.81. The Bertz CT molecular complexity index is 622. The molecule has 0 aliphatic rings. The Morgan fingerprint density at radius 2 is 1.95 bits per heavy atom. The van der Waals surface area contributed by atoms with E-state index in [9.17, 15) is 18.3 Å². The van der Waals surface area contributed by atoms with Gasteiger partial charge in [0.05, 0.1) is 16.1 Å². The Morgan fingerprint density at radius 1 is 1.33 bits per heavy atom. The second-order valence-electron chi connectivity index (χ2n) is 5.15. The summed E-state index contributed by atoms with van der Waals surface area (Å²) in [4.78, 5) is 11.0. The van der Waals surface area contributed by atoms with E-state index < -0.39 is 21.6 Å². The average molecular weight is 315 g/mol. The molecule has 0 aliphatic carbocycles. The lowest BCUT2D eigenvalue weighted by Gasteiger charge is -2.21. The first-order valence-electron chi connectivity index (χ1n) is 6.71. The zero-order chi connectivity index (χ0) is 16.3. The number of sulfonamides is 1. The van der Waals surface area contributed by atoms with Crippen molar-refractivity contribution >= 4 is 16.0 Å². The Kier molecular flexibility index (Phi) is 5.49. The summed E-state index contributed by atoms with van der Waals surface area (Å²) < 4.78 is 26.6. The van der Waals surface area contributed by atoms with Crippen molar-refractivity contribution in [2.45, 2.75) is 44.1 Å². The zero-order valence-electron chi connectivity index (χ0n) is 12.4. The van der Waals surface area contributed by atoms with Crippen molar-refractivity contribution < 1.29 is 23.4 Å². The van der Waals surface area contributed by atoms with E-state index in [0.717, 1.165) is 6.07 Å². The molecule has 1 aromatic rings. The molecule has 21 heavy (non-hydrogen) atoms. The lowest BCUT2D eigenvalue weighted by molar-refractivity contribution is 0.0613. The molecular formula is C14H21NO5S. The van der Waals surface area contributed by atoms with Gasteiger partial charge in [-0.25, -0.2) is 17.9 Å². The van der Waals surface area contributed by atoms with Crippen LogP contribution in [0.1, 0.15) is 43.1 Å². The Hall–Kier alpha value is -1.44. The summed E-state index contributed by atoms with van der Waals surface area (Å²) >= 11 is 0. The van der Waals surface area contributed by atoms with E-state index in [2.05, 4.69) is 4.72 Å². The van der Waals surface area contributed by atoms with Gasteiger partial charge in [0, 0.05) is 6.54 Å². The standard InChI is InChI=1S/C14H21NO5S/c1-4-10-6-7-11(8-12(10)13(16)17)21(19,20)15-9-14(3,18)5-2/h6-8,15,18H,4-5,9H2,1-3H3,(H,16,17). The van der Waals surface area contributed by atoms with Crippen molar-refractivity contribution in [2.75, 3.05) is 6.54 Å². The van der Waals surface area contributed by atoms with Gasteiger partial charge in [0.1, 0.15) is 0 Å². The molecule has 0 bridgehead atoms. The Balaban J connectivity index is 3.09. The molecule has 0 radical (unpaired) electrons. The van der Waals surface area contributed by atoms with Crippen LogP contribution < -0.4 is 4.72 Å². The predicted molar refractivity (Wildman–Crippen MR) is 78.9 cm³/mol. The molecule has 7 heteroatoms. The summed E-state index contributed by atoms with van der Waals surface area (Å²) in [6, 6.07) is 4.01. The van der Waals surface area contributed by atoms with E-state index in [1.54, 1.807) is 13.8 Å². The quantitative estimate of drug-likeness (QED) is 0.705. The van der Waals surface area contributed by atoms with Gasteiger partial charge in [-0.1, -0.05) is 19.9 Å². The summed E-state index contributed by atoms with van der Waals surface area (Å²) in [6.45, 7) is 4.93. The number of rotatable bonds is 7. The van der Waals surface area contributed by atoms with Crippen LogP contribution in [0.2, 0.25) is 0 Å². The van der Waals surface area contributed by atoms with Gasteiger partial charge in [0.25, 0.3) is 0 Å². The number of aromatic carboxylic acids is 1. The number of carboxylic acids is 1. The minimum atomic E-state index is -3.86. The van der Waals surface area contributed by atoms with Crippen LogP contribution in [0.25, 0.3) is 0 Å². The molecule has 118 valence electrons. The molecule has 0 saturated heterocycles. The third-order valence-electron chi connectivity index (χ3n) is 3.41. The summed E-state index contributed by atoms with van der Waals surface area (Å²) in [5.41, 5.74) is -0.601. The molecule has 6 nitrogen and oxygen atoms in total. The van der Waals surface area contributed by atoms with Crippen molar-refractivity contribution in [2.24, 2.45) is 0 Å². The molecule has 0 heterocycles. The van der Waals surface area contributed by atoms with Crippen LogP contribution in [-0.2, 0) is 16.4 Å². The van der Waals surface area contributed by atoms with Gasteiger partial charge in [0.2, 0.25) is 10.0 Å². The first-order valence-corrected chi connectivity index (χ1v) is 8.19. The molecule has 1 atom stereocenters. The molecular weight excluding hydrogens is 294 g/mol. The van der Waals surface area contributed by atoms with Crippen molar-refractivity contribution in [3.63, 3.8) is 0 Å². The molecule has 3 N–H and O–H groups in total. The van der Waals surface area contributed by atoms with Crippen LogP contribution in [0.15, 0.2) is 23.1 Å². The number of carbonyl (C=O) groups is 1. The highest BCUT2D eigenvalue weighted by Crippen LogP contribution is 2.18. The van der Waals surface area contributed by atoms with Gasteiger partial charge in [-0.05, 0) is 37.5 Å². The summed E-state index contributed by atoms with van der Waals surface area (Å²) in [7, 11) is -3.86. The molecule has 1 unspecified atom stereocenters. The minimum Gasteiger partial charge on any atom is -0.478 e. The molecule has 0 fully saturated rings. The number of hydrogen-bond donors (Lipinski definition) is 3. The smallest absolute Gasteiger partial charge is 0.336 e. The largest absolute Gasteiger partial charge is 0.478 e. The highest BCUT2D eigenvalue weighted by molar-refractivity contribution is 7.89. The Morgan fingerprint density at radius 3 is 2.43 bits per heavy atom. The number of aryl methyl sites for hydroxylation is 1. The van der Waals surface area contributed by atoms with E-state index in [1.807, 2.05) is 0 Å². The minimum absolute atomic E-state index is 0.0253. The van der Waals surface area contributed by atoms with Gasteiger partial charge >= 0.3 is 5.97 Å². The predicted octanol–water partition coefficient (Wildman–Crippen LogP) is 1.39. The average Bonchev–Trinajstić information content (AvgIpc) is 2.44. The van der Waals surface area contributed by atoms with Gasteiger partial charge in [0.15, 0.2) is 0 Å². The molecule has 0 aromatic heterocycles. The fraction of sp³-hybridized carbons (Fsp3) is 0.500. The fourth-order valence-electron chi connectivity index (χ4n) is 1.69. The Labute approximate surface area is 124 Å². The number of benzene rings is 1. The second kappa shape index (κ2) is 6.55. The van der Waals surface area contributed by atoms with Crippen LogP contribution in [0.5, 0.6) is 0 Å². The topological polar surface area (TPSA) is 104 Å². The van der Waals surface area contributed by atoms with Crippen molar-refractivity contribution in [3.05, 3.63) is 29.3 Å². The summed E-state index contributed by atoms with van der Waals surface area (Å²) in [5.74, 6) is -1.16. The van der Waals surface area contributed by atoms with E-state index in [1.165, 1.54) is 19.1 Å². The highest BCUT2D eigenvalue weighted by Gasteiger charge is 2.23. The third kappa shape index (κ3) is 4.52. The molecule has 1 rings (SSSR count). The maximum Gasteiger partial charge on any atom is 0.336 e. The van der Waals surface area contributed by atoms with E-state index in [-0.39, 0.29) is 17.0 Å². The van der Waals surface area contributed by atoms with Gasteiger partial charge in [-0.15, -0.1) is 0 Å². The van der Waals surface area contributed by atoms with Crippen molar-refractivity contribution in [1.82, 2.24) is 4.72 Å². The van der Waals surface area contributed by atoms with E-state index in [0.29, 0.717) is 18.4 Å². The normalized spacial score (nSPS) is 14.7. The number of aliphatic hydroxyl groups is 1. The van der Waals surface area contributed by atoms with Crippen LogP contribution in [-0.4, -0.2) is 36.7 Å². The van der Waals surface area contributed by atoms with Crippen LogP contribution in [0.3, 0.4) is 0 Å². The van der Waals surface area contributed by atoms with E-state index in [4.69, 9.17) is 5.11 Å². The number of hydrogen-bond acceptors (Lipinski definition) is 4. The highest BCUT2D eigenvalue weighted by atomic mass is 32.2. The fourth-order valence-corrected chi connectivity index (χ4v) is 2.88. The SMILES string of the molecule is CCc1ccc(S(=O)(=O)NCC(C)(O)CC)cc1C(=O)O. The van der Waals surface area contributed by atoms with Gasteiger partial charge < -0.3 is 10.2 Å². The number of nitrogens with one attached hydrogen (secondary N) is 1. The first kappa shape index (κ1) is 17.6. The first-order chi connectivity index (χ1) is 9.63. The maximum absolute atomic E-state index is 12.2. The van der Waals surface area contributed by atoms with Gasteiger partial charge in [-0.2, -0.15) is 0 Å². The molecule has 0 saturated carbocycles. The molecule has 0 amide bonds. The monoisotopic (exact) mass is 315 g/mol. The molecule has 1 aromatic carbocycles. The summed E-state index contributed by atoms with van der Waals surface area (Å²) in [6.07, 6.45) is 0.893. The zero-order valence-corrected chi connectivity index (χ0v) is 13.2. The van der Waals surface area contributed by atoms with E-state index >= 15 is 0 Å². The molecule has 0 aliphatic heterocycles. The molecule has 0 spiro atoms. The summed E-state index contributed by atoms with van der Waals surface area (Å²) in [5, 5.41) is 19.0. The van der Waals surface area contributed by atoms with Crippen molar-refractivity contribution in [1.29, 1.82) is 0 Å². The van der Waals surface area contributed by atoms with Gasteiger partial charge in [-0.3, -0.25) is 0 Å². The van der Waals surface area contributed by atoms with Crippen molar-refractivity contribution in [3.8, 4) is 0 Å². The number of carboxylic acid groups (broad SMARTS) is 1. The second-order valence-corrected chi connectivity index (χ2v) is 6.92. The maximum atomic E-state index is 12.2. The van der Waals surface area contributed by atoms with Crippen LogP contribution >= 0.6 is 0 Å². The van der Waals surface area contributed by atoms with Crippen LogP contribution in [0.4, 0.5) is 0 Å². The van der Waals surface area contributed by atoms with Crippen LogP contribution in [0, 0.1) is 0 Å².